The zero-order chi connectivity index (χ0) is 20.7. The molecule has 1 aromatic carbocycles. The lowest BCUT2D eigenvalue weighted by Crippen LogP contribution is -2.41. The number of benzene rings is 1. The van der Waals surface area contributed by atoms with Crippen LogP contribution in [-0.2, 0) is 28.6 Å². The van der Waals surface area contributed by atoms with Gasteiger partial charge in [0.15, 0.2) is 0 Å². The summed E-state index contributed by atoms with van der Waals surface area (Å²) >= 11 is 5.96. The number of ether oxygens (including phenoxy) is 3. The van der Waals surface area contributed by atoms with Crippen molar-refractivity contribution in [3.05, 3.63) is 46.1 Å². The van der Waals surface area contributed by atoms with E-state index in [1.54, 1.807) is 38.1 Å². The second kappa shape index (κ2) is 10.2. The Morgan fingerprint density at radius 2 is 1.86 bits per heavy atom. The molecule has 1 aliphatic rings. The van der Waals surface area contributed by atoms with E-state index in [0.29, 0.717) is 16.3 Å². The minimum atomic E-state index is -0.546. The van der Waals surface area contributed by atoms with Gasteiger partial charge in [0, 0.05) is 30.2 Å². The highest BCUT2D eigenvalue weighted by atomic mass is 35.5. The first-order chi connectivity index (χ1) is 13.4. The fourth-order valence-corrected chi connectivity index (χ4v) is 3.20. The Morgan fingerprint density at radius 1 is 1.18 bits per heavy atom. The number of hydrogen-bond donors (Lipinski definition) is 0. The van der Waals surface area contributed by atoms with E-state index in [2.05, 4.69) is 0 Å². The molecule has 0 bridgehead atoms. The first kappa shape index (κ1) is 21.9. The third-order valence-corrected chi connectivity index (χ3v) is 4.68. The van der Waals surface area contributed by atoms with Gasteiger partial charge in [0.1, 0.15) is 13.2 Å². The summed E-state index contributed by atoms with van der Waals surface area (Å²) in [7, 11) is 1.51. The topological polar surface area (TPSA) is 82.1 Å². The highest BCUT2D eigenvalue weighted by Crippen LogP contribution is 2.37. The van der Waals surface area contributed by atoms with Crippen LogP contribution >= 0.6 is 11.6 Å². The van der Waals surface area contributed by atoms with E-state index in [4.69, 9.17) is 25.8 Å². The van der Waals surface area contributed by atoms with Crippen molar-refractivity contribution in [2.45, 2.75) is 26.2 Å². The maximum atomic E-state index is 12.8. The second-order valence-corrected chi connectivity index (χ2v) is 6.66. The summed E-state index contributed by atoms with van der Waals surface area (Å²) in [5, 5.41) is 0.555. The molecule has 1 unspecified atom stereocenters. The van der Waals surface area contributed by atoms with Crippen LogP contribution in [0.2, 0.25) is 5.02 Å². The fraction of sp³-hybridized carbons (Fsp3) is 0.450. The number of amides is 1. The van der Waals surface area contributed by atoms with Crippen LogP contribution in [0.4, 0.5) is 0 Å². The summed E-state index contributed by atoms with van der Waals surface area (Å²) in [5.74, 6) is -1.83. The molecule has 2 rings (SSSR count). The third-order valence-electron chi connectivity index (χ3n) is 4.43. The molecule has 0 spiro atoms. The van der Waals surface area contributed by atoms with Crippen molar-refractivity contribution in [1.29, 1.82) is 0 Å². The first-order valence-corrected chi connectivity index (χ1v) is 9.35. The van der Waals surface area contributed by atoms with E-state index in [9.17, 15) is 14.4 Å². The Labute approximate surface area is 169 Å². The van der Waals surface area contributed by atoms with E-state index >= 15 is 0 Å². The predicted molar refractivity (Wildman–Crippen MR) is 103 cm³/mol. The van der Waals surface area contributed by atoms with Gasteiger partial charge in [-0.05, 0) is 31.5 Å². The smallest absolute Gasteiger partial charge is 0.336 e. The molecule has 1 atom stereocenters. The number of carbonyl (C=O) groups excluding carboxylic acids is 3. The molecule has 0 N–H and O–H groups in total. The molecular weight excluding hydrogens is 386 g/mol. The minimum Gasteiger partial charge on any atom is -0.465 e. The lowest BCUT2D eigenvalue weighted by atomic mass is 9.83. The number of methoxy groups -OCH3 is 1. The number of rotatable bonds is 8. The molecule has 0 aromatic heterocycles. The van der Waals surface area contributed by atoms with Crippen molar-refractivity contribution in [2.75, 3.05) is 33.5 Å². The van der Waals surface area contributed by atoms with Crippen molar-refractivity contribution in [3.63, 3.8) is 0 Å². The quantitative estimate of drug-likeness (QED) is 0.485. The van der Waals surface area contributed by atoms with Gasteiger partial charge in [-0.25, -0.2) is 4.79 Å². The lowest BCUT2D eigenvalue weighted by molar-refractivity contribution is -0.149. The molecule has 28 heavy (non-hydrogen) atoms. The van der Waals surface area contributed by atoms with Crippen LogP contribution in [0.1, 0.15) is 31.7 Å². The molecule has 0 saturated carbocycles. The number of allylic oxidation sites excluding steroid dienone is 1. The number of carbonyl (C=O) groups is 3. The largest absolute Gasteiger partial charge is 0.465 e. The summed E-state index contributed by atoms with van der Waals surface area (Å²) in [4.78, 5) is 38.7. The van der Waals surface area contributed by atoms with Crippen molar-refractivity contribution in [3.8, 4) is 0 Å². The molecule has 0 fully saturated rings. The van der Waals surface area contributed by atoms with Crippen LogP contribution in [-0.4, -0.2) is 56.2 Å². The van der Waals surface area contributed by atoms with Gasteiger partial charge >= 0.3 is 11.9 Å². The summed E-state index contributed by atoms with van der Waals surface area (Å²) in [6.45, 7) is 3.63. The van der Waals surface area contributed by atoms with Crippen molar-refractivity contribution >= 4 is 29.4 Å². The van der Waals surface area contributed by atoms with Crippen molar-refractivity contribution in [2.24, 2.45) is 0 Å². The second-order valence-electron chi connectivity index (χ2n) is 6.22. The zero-order valence-corrected chi connectivity index (χ0v) is 17.0. The van der Waals surface area contributed by atoms with Crippen LogP contribution in [0.25, 0.3) is 0 Å². The Bertz CT molecular complexity index is 758. The predicted octanol–water partition coefficient (Wildman–Crippen LogP) is 2.68. The highest BCUT2D eigenvalue weighted by Gasteiger charge is 2.37. The standard InChI is InChI=1S/C20H24ClNO6/c1-4-27-18(24)12-22-13(2)19(20(25)28-10-9-26-3)16(11-17(22)23)14-5-7-15(21)8-6-14/h5-8,16H,4,9-12H2,1-3H3. The number of hydrogen-bond acceptors (Lipinski definition) is 6. The number of esters is 2. The van der Waals surface area contributed by atoms with E-state index in [-0.39, 0.29) is 38.7 Å². The molecule has 1 aromatic rings. The van der Waals surface area contributed by atoms with Crippen LogP contribution in [0.15, 0.2) is 35.5 Å². The van der Waals surface area contributed by atoms with Crippen LogP contribution in [0, 0.1) is 0 Å². The van der Waals surface area contributed by atoms with Crippen molar-refractivity contribution < 1.29 is 28.6 Å². The third kappa shape index (κ3) is 5.33. The summed E-state index contributed by atoms with van der Waals surface area (Å²) in [5.41, 5.74) is 1.49. The zero-order valence-electron chi connectivity index (χ0n) is 16.2. The van der Waals surface area contributed by atoms with Gasteiger partial charge in [0.05, 0.1) is 18.8 Å². The molecule has 0 aliphatic carbocycles. The number of nitrogens with zero attached hydrogens (tertiary/aromatic N) is 1. The van der Waals surface area contributed by atoms with Crippen LogP contribution in [0.3, 0.4) is 0 Å². The summed E-state index contributed by atoms with van der Waals surface area (Å²) < 4.78 is 15.2. The monoisotopic (exact) mass is 409 g/mol. The summed E-state index contributed by atoms with van der Waals surface area (Å²) in [6.07, 6.45) is 0.0348. The van der Waals surface area contributed by atoms with Gasteiger partial charge in [0.2, 0.25) is 5.91 Å². The summed E-state index contributed by atoms with van der Waals surface area (Å²) in [6, 6.07) is 6.96. The molecule has 8 heteroatoms. The molecule has 0 radical (unpaired) electrons. The first-order valence-electron chi connectivity index (χ1n) is 8.97. The molecule has 152 valence electrons. The van der Waals surface area contributed by atoms with Crippen molar-refractivity contribution in [1.82, 2.24) is 4.90 Å². The Morgan fingerprint density at radius 3 is 2.46 bits per heavy atom. The SMILES string of the molecule is CCOC(=O)CN1C(=O)CC(c2ccc(Cl)cc2)C(C(=O)OCCOC)=C1C. The molecule has 7 nitrogen and oxygen atoms in total. The Hall–Kier alpha value is -2.38. The van der Waals surface area contributed by atoms with Gasteiger partial charge in [-0.15, -0.1) is 0 Å². The molecule has 1 aliphatic heterocycles. The van der Waals surface area contributed by atoms with Gasteiger partial charge in [0.25, 0.3) is 0 Å². The maximum Gasteiger partial charge on any atom is 0.336 e. The molecule has 1 amide bonds. The Balaban J connectivity index is 2.40. The van der Waals surface area contributed by atoms with E-state index in [1.807, 2.05) is 0 Å². The molecular formula is C20H24ClNO6. The van der Waals surface area contributed by atoms with Gasteiger partial charge < -0.3 is 19.1 Å². The fourth-order valence-electron chi connectivity index (χ4n) is 3.08. The molecule has 0 saturated heterocycles. The average Bonchev–Trinajstić information content (AvgIpc) is 2.65. The maximum absolute atomic E-state index is 12.8. The van der Waals surface area contributed by atoms with E-state index in [0.717, 1.165) is 5.56 Å². The molecule has 1 heterocycles. The average molecular weight is 410 g/mol. The van der Waals surface area contributed by atoms with Crippen LogP contribution < -0.4 is 0 Å². The van der Waals surface area contributed by atoms with E-state index in [1.165, 1.54) is 12.0 Å². The highest BCUT2D eigenvalue weighted by molar-refractivity contribution is 6.30. The normalized spacial score (nSPS) is 16.9. The van der Waals surface area contributed by atoms with Gasteiger partial charge in [-0.3, -0.25) is 9.59 Å². The minimum absolute atomic E-state index is 0.0348. The van der Waals surface area contributed by atoms with E-state index < -0.39 is 17.9 Å². The van der Waals surface area contributed by atoms with Crippen LogP contribution in [0.5, 0.6) is 0 Å². The number of halogens is 1. The Kier molecular flexibility index (Phi) is 8.02. The van der Waals surface area contributed by atoms with Gasteiger partial charge in [-0.2, -0.15) is 0 Å². The lowest BCUT2D eigenvalue weighted by Gasteiger charge is -2.33. The van der Waals surface area contributed by atoms with Gasteiger partial charge in [-0.1, -0.05) is 23.7 Å².